The van der Waals surface area contributed by atoms with Crippen LogP contribution in [0.1, 0.15) is 249 Å². The Labute approximate surface area is 848 Å². The molecular weight excluding hydrogens is 1860 g/mol. The smallest absolute Gasteiger partial charge is 0.238 e. The molecule has 14 aromatic rings. The van der Waals surface area contributed by atoms with Crippen molar-refractivity contribution in [3.05, 3.63) is 215 Å². The zero-order valence-corrected chi connectivity index (χ0v) is 86.6. The molecule has 29 heteroatoms. The number of hydrogen-bond acceptors (Lipinski definition) is 26. The van der Waals surface area contributed by atoms with E-state index in [1.54, 1.807) is 48.8 Å². The number of carbonyl (C=O) groups excluding carboxylic acids is 1. The monoisotopic (exact) mass is 1990 g/mol. The van der Waals surface area contributed by atoms with Crippen molar-refractivity contribution in [2.45, 2.75) is 318 Å². The number of nitrogens with zero attached hydrogens (tertiary/aromatic N) is 14. The minimum atomic E-state index is -0.217. The van der Waals surface area contributed by atoms with Gasteiger partial charge in [-0.2, -0.15) is 0 Å². The molecule has 140 heavy (non-hydrogen) atoms. The highest BCUT2D eigenvalue weighted by atomic mass is 35.5. The number of amides is 1. The Hall–Kier alpha value is -9.46. The molecule has 11 aromatic heterocycles. The number of aromatic nitrogens is 11. The number of aryl methyl sites for hydroxylation is 11. The second-order valence-corrected chi connectivity index (χ2v) is 46.5. The number of benzene rings is 3. The number of fused-ring (bicyclic) bond motifs is 15. The van der Waals surface area contributed by atoms with E-state index in [2.05, 4.69) is 172 Å². The van der Waals surface area contributed by atoms with Gasteiger partial charge in [0.05, 0.1) is 39.7 Å². The maximum absolute atomic E-state index is 13.9. The van der Waals surface area contributed by atoms with Crippen molar-refractivity contribution in [2.24, 2.45) is 5.92 Å². The van der Waals surface area contributed by atoms with E-state index in [9.17, 15) is 9.18 Å². The molecule has 0 bridgehead atoms. The van der Waals surface area contributed by atoms with E-state index in [0.29, 0.717) is 67.5 Å². The van der Waals surface area contributed by atoms with Gasteiger partial charge in [0.2, 0.25) is 11.8 Å². The van der Waals surface area contributed by atoms with Gasteiger partial charge < -0.3 is 41.5 Å². The van der Waals surface area contributed by atoms with Crippen LogP contribution in [0.3, 0.4) is 0 Å². The first-order chi connectivity index (χ1) is 68.8. The molecule has 3 aromatic carbocycles. The third-order valence-corrected chi connectivity index (χ3v) is 38.0. The highest BCUT2D eigenvalue weighted by Crippen LogP contribution is 2.47. The number of carbonyl (C=O) groups is 1. The molecule has 0 aliphatic heterocycles. The van der Waals surface area contributed by atoms with Gasteiger partial charge in [0.25, 0.3) is 0 Å². The first-order valence-corrected chi connectivity index (χ1v) is 56.7. The van der Waals surface area contributed by atoms with Crippen molar-refractivity contribution in [3.63, 3.8) is 0 Å². The highest BCUT2D eigenvalue weighted by Gasteiger charge is 2.35. The number of para-hydroxylation sites is 1. The third kappa shape index (κ3) is 23.8. The van der Waals surface area contributed by atoms with Crippen LogP contribution in [0, 0.1) is 11.7 Å². The van der Waals surface area contributed by atoms with Gasteiger partial charge in [0, 0.05) is 108 Å². The molecule has 0 saturated heterocycles. The summed E-state index contributed by atoms with van der Waals surface area (Å²) in [4.78, 5) is 82.0. The minimum Gasteiger partial charge on any atom is -0.474 e. The fourth-order valence-corrected chi connectivity index (χ4v) is 30.1. The Morgan fingerprint density at radius 1 is 0.414 bits per heavy atom. The highest BCUT2D eigenvalue weighted by molar-refractivity contribution is 7.20. The fourth-order valence-electron chi connectivity index (χ4n) is 23.8. The number of hydrogen-bond donors (Lipinski definition) is 6. The largest absolute Gasteiger partial charge is 0.474 e. The topological polar surface area (TPSA) is 250 Å². The molecule has 10 aliphatic rings. The second-order valence-electron chi connectivity index (χ2n) is 40.7. The summed E-state index contributed by atoms with van der Waals surface area (Å²) in [5.41, 5.74) is 11.7. The Bertz CT molecular complexity index is 6480. The van der Waals surface area contributed by atoms with Crippen molar-refractivity contribution in [3.8, 4) is 5.88 Å². The summed E-state index contributed by atoms with van der Waals surface area (Å²) in [6.07, 6.45) is 59.7. The number of thiophene rings is 5. The van der Waals surface area contributed by atoms with Crippen LogP contribution in [0.4, 0.5) is 33.3 Å². The number of pyridine rings is 1. The lowest BCUT2D eigenvalue weighted by Gasteiger charge is -2.35. The molecular formula is C111H136ClFN20O2S5. The minimum absolute atomic E-state index is 0.0450. The van der Waals surface area contributed by atoms with Crippen molar-refractivity contribution in [2.75, 3.05) is 67.9 Å². The molecule has 736 valence electrons. The number of likely N-dealkylation sites (N-methyl/N-ethyl adjacent to an activating group) is 2. The maximum atomic E-state index is 13.9. The van der Waals surface area contributed by atoms with Crippen molar-refractivity contribution in [1.29, 1.82) is 0 Å². The lowest BCUT2D eigenvalue weighted by molar-refractivity contribution is -0.117. The van der Waals surface area contributed by atoms with E-state index in [1.165, 1.54) is 263 Å². The van der Waals surface area contributed by atoms with Crippen molar-refractivity contribution in [1.82, 2.24) is 74.8 Å². The van der Waals surface area contributed by atoms with Gasteiger partial charge in [-0.1, -0.05) is 84.8 Å². The Morgan fingerprint density at radius 3 is 1.29 bits per heavy atom. The number of halogens is 2. The summed E-state index contributed by atoms with van der Waals surface area (Å²) < 4.78 is 20.3. The summed E-state index contributed by atoms with van der Waals surface area (Å²) in [7, 11) is 8.49. The molecule has 5 fully saturated rings. The molecule has 5 saturated carbocycles. The first kappa shape index (κ1) is 98.0. The second kappa shape index (κ2) is 46.9. The van der Waals surface area contributed by atoms with Gasteiger partial charge in [-0.05, 0) is 348 Å². The van der Waals surface area contributed by atoms with Crippen LogP contribution < -0.4 is 36.6 Å². The van der Waals surface area contributed by atoms with Crippen LogP contribution in [-0.4, -0.2) is 171 Å². The van der Waals surface area contributed by atoms with Crippen LogP contribution >= 0.6 is 68.3 Å². The van der Waals surface area contributed by atoms with Gasteiger partial charge in [0.1, 0.15) is 91.0 Å². The fraction of sp³-hybridized carbons (Fsp3) is 0.514. The third-order valence-electron chi connectivity index (χ3n) is 31.6. The van der Waals surface area contributed by atoms with E-state index in [0.717, 1.165) is 167 Å². The lowest BCUT2D eigenvalue weighted by Crippen LogP contribution is -2.42. The number of ether oxygens (including phenoxy) is 1. The zero-order chi connectivity index (χ0) is 95.2. The van der Waals surface area contributed by atoms with Gasteiger partial charge in [0.15, 0.2) is 0 Å². The molecule has 0 spiro atoms. The maximum Gasteiger partial charge on any atom is 0.238 e. The quantitative estimate of drug-likeness (QED) is 0.0276. The average molecular weight is 2000 g/mol. The molecule has 6 N–H and O–H groups in total. The predicted octanol–water partition coefficient (Wildman–Crippen LogP) is 24.4. The summed E-state index contributed by atoms with van der Waals surface area (Å²) in [6.45, 7) is 2.11. The molecule has 22 nitrogen and oxygen atoms in total. The van der Waals surface area contributed by atoms with Crippen LogP contribution in [0.5, 0.6) is 5.88 Å². The van der Waals surface area contributed by atoms with Crippen LogP contribution in [0.2, 0.25) is 5.02 Å². The van der Waals surface area contributed by atoms with E-state index in [4.69, 9.17) is 16.3 Å². The summed E-state index contributed by atoms with van der Waals surface area (Å²) in [5, 5.41) is 28.7. The van der Waals surface area contributed by atoms with Gasteiger partial charge >= 0.3 is 0 Å². The Kier molecular flexibility index (Phi) is 32.8. The van der Waals surface area contributed by atoms with E-state index in [-0.39, 0.29) is 11.7 Å². The molecule has 11 heterocycles. The summed E-state index contributed by atoms with van der Waals surface area (Å²) in [6, 6.07) is 34.7. The molecule has 10 aliphatic carbocycles. The Balaban J connectivity index is 0.000000108. The van der Waals surface area contributed by atoms with Crippen molar-refractivity contribution < 1.29 is 13.9 Å². The first-order valence-electron chi connectivity index (χ1n) is 52.2. The van der Waals surface area contributed by atoms with Gasteiger partial charge in [-0.25, -0.2) is 54.2 Å². The molecule has 1 amide bonds. The lowest BCUT2D eigenvalue weighted by atomic mass is 9.83. The van der Waals surface area contributed by atoms with Gasteiger partial charge in [-0.3, -0.25) is 19.6 Å². The van der Waals surface area contributed by atoms with Crippen LogP contribution in [-0.2, 0) is 88.4 Å². The standard InChI is InChI=1S/C24H29ClN4S.C24H29N5OS.C24H29N3S.C22H26FN5S.C17H23N3OS/c1-29(14-13-16-5-2-3-7-20(16)25)18-11-9-17(10-12-18)28-23-22-19-6-4-8-21(19)30-24(22)27-15-26-23;1-29(14-21(30)27-16-6-3-2-4-7-16)18-12-10-17(11-13-18)28-23-22-19-8-5-9-20(19)31-24(22)26-15-25-23;1-2-6-17(7-3-1)8-4-9-18-12-14-19(15-13-18)27-23-22-20-10-5-11-21(20)28-24(22)26-16-25-23;1-28(12-14-9-10-24-11-18(14)23)16-7-5-15(6-8-16)27-21-20-17-3-2-4-19(17)29-22(20)26-13-25-21;1-18-11-4-2-5-12(9-8-11)21-16-15-13-6-3-7-14(13)22-17(15)20-10-19-16/h2-3,5,7,15,17-18H,4,6,8-14H2,1H3,(H,26,27,28);2-4,6-7,15,17-18H,5,8-14H2,1H3,(H,27,30)(H,25,26,28);1-3,6-7,16,18-19H,4-5,8-15H2,(H,25,26,27);9-11,13,15-16H,2-8,12H2,1H3,(H,25,26,27);10-12,18H,2-9H2,1H3. The van der Waals surface area contributed by atoms with E-state index in [1.807, 2.05) is 99.1 Å². The molecule has 2 atom stereocenters. The van der Waals surface area contributed by atoms with Crippen LogP contribution in [0.15, 0.2) is 135 Å². The van der Waals surface area contributed by atoms with Crippen LogP contribution in [0.25, 0.3) is 51.1 Å². The van der Waals surface area contributed by atoms with E-state index >= 15 is 0 Å². The zero-order valence-electron chi connectivity index (χ0n) is 81.8. The number of anilines is 5. The predicted molar refractivity (Wildman–Crippen MR) is 576 cm³/mol. The molecule has 0 radical (unpaired) electrons. The molecule has 2 unspecified atom stereocenters. The summed E-state index contributed by atoms with van der Waals surface area (Å²) in [5.74, 6) is 5.75. The number of nitrogens with one attached hydrogen (secondary N) is 6. The van der Waals surface area contributed by atoms with E-state index < -0.39 is 0 Å². The molecule has 24 rings (SSSR count). The SMILES string of the molecule is CN(CC(=O)Nc1ccccc1)C1CCC(Nc2ncnc3sc4c(c23)CCC4)CC1.CN(CCc1ccccc1Cl)C1CCC(Nc2ncnc3sc4c(c23)CCC4)CC1.CN(Cc1ccncc1F)C1CCC(Nc2ncnc3sc4c(c23)CCC4)CC1.CNC1CCCC(Oc2ncnc3sc4c(c23)CCC4)CC1.c1ccc(CCCC2CCC(Nc3ncnc4sc5c(c34)CCC5)CC2)cc1. The number of rotatable bonds is 26. The normalized spacial score (nSPS) is 21.9. The average Bonchev–Trinajstić information content (AvgIpc) is 1.63. The summed E-state index contributed by atoms with van der Waals surface area (Å²) >= 11 is 15.6. The Morgan fingerprint density at radius 2 is 0.829 bits per heavy atom. The van der Waals surface area contributed by atoms with Gasteiger partial charge in [-0.15, -0.1) is 56.7 Å². The van der Waals surface area contributed by atoms with Crippen molar-refractivity contribution >= 4 is 154 Å².